The van der Waals surface area contributed by atoms with E-state index in [0.29, 0.717) is 17.3 Å². The van der Waals surface area contributed by atoms with Crippen LogP contribution in [0.15, 0.2) is 47.4 Å². The normalized spacial score (nSPS) is 10.3. The first-order valence-corrected chi connectivity index (χ1v) is 9.15. The van der Waals surface area contributed by atoms with E-state index in [1.54, 1.807) is 24.3 Å². The third-order valence-corrected chi connectivity index (χ3v) is 3.95. The van der Waals surface area contributed by atoms with Gasteiger partial charge in [0.25, 0.3) is 11.8 Å². The van der Waals surface area contributed by atoms with Crippen LogP contribution in [0.1, 0.15) is 50.9 Å². The molecule has 0 saturated heterocycles. The van der Waals surface area contributed by atoms with Gasteiger partial charge in [0.05, 0.1) is 9.93 Å². The molecule has 0 aliphatic heterocycles. The molecule has 1 aromatic carbocycles. The summed E-state index contributed by atoms with van der Waals surface area (Å²) in [5.41, 5.74) is 1.36. The van der Waals surface area contributed by atoms with Gasteiger partial charge in [0.2, 0.25) is 0 Å². The van der Waals surface area contributed by atoms with E-state index in [2.05, 4.69) is 30.7 Å². The Morgan fingerprint density at radius 1 is 1.20 bits per heavy atom. The van der Waals surface area contributed by atoms with Gasteiger partial charge in [-0.25, -0.2) is 8.78 Å². The highest BCUT2D eigenvalue weighted by Crippen LogP contribution is 2.34. The van der Waals surface area contributed by atoms with E-state index in [1.165, 1.54) is 0 Å². The molecule has 0 saturated carbocycles. The van der Waals surface area contributed by atoms with Gasteiger partial charge in [-0.05, 0) is 30.7 Å². The van der Waals surface area contributed by atoms with Crippen molar-refractivity contribution in [2.24, 2.45) is 0 Å². The third-order valence-electron chi connectivity index (χ3n) is 3.00. The van der Waals surface area contributed by atoms with Crippen LogP contribution in [0, 0.1) is 0 Å². The van der Waals surface area contributed by atoms with Crippen LogP contribution < -0.4 is 10.6 Å². The third kappa shape index (κ3) is 9.29. The van der Waals surface area contributed by atoms with Gasteiger partial charge in [0.1, 0.15) is 0 Å². The minimum Gasteiger partial charge on any atom is -0.385 e. The number of alkyl halides is 2. The van der Waals surface area contributed by atoms with Gasteiger partial charge in [0, 0.05) is 24.7 Å². The van der Waals surface area contributed by atoms with E-state index >= 15 is 0 Å². The number of rotatable bonds is 9. The van der Waals surface area contributed by atoms with Crippen molar-refractivity contribution in [1.82, 2.24) is 5.32 Å². The highest BCUT2D eigenvalue weighted by Gasteiger charge is 2.27. The van der Waals surface area contributed by atoms with Crippen molar-refractivity contribution in [3.63, 3.8) is 0 Å². The Labute approximate surface area is 154 Å². The molecule has 6 heteroatoms. The molecular formula is C19H28F2N2OS. The number of thioether (sulfide) groups is 1. The van der Waals surface area contributed by atoms with Crippen LogP contribution >= 0.6 is 11.8 Å². The SMILES string of the molecule is C=C(NC(=O)c1ccc(NCCCC)cc1)SC(=C)C(C)(F)F.CC. The molecule has 0 atom stereocenters. The van der Waals surface area contributed by atoms with Crippen molar-refractivity contribution in [1.29, 1.82) is 0 Å². The molecule has 0 unspecified atom stereocenters. The largest absolute Gasteiger partial charge is 0.385 e. The Hall–Kier alpha value is -1.82. The molecular weight excluding hydrogens is 342 g/mol. The van der Waals surface area contributed by atoms with Crippen LogP contribution in [-0.2, 0) is 0 Å². The summed E-state index contributed by atoms with van der Waals surface area (Å²) in [6.45, 7) is 14.6. The van der Waals surface area contributed by atoms with Crippen molar-refractivity contribution in [3.05, 3.63) is 52.9 Å². The number of allylic oxidation sites excluding steroid dienone is 1. The maximum Gasteiger partial charge on any atom is 0.276 e. The van der Waals surface area contributed by atoms with Crippen molar-refractivity contribution in [2.75, 3.05) is 11.9 Å². The number of carbonyl (C=O) groups excluding carboxylic acids is 1. The van der Waals surface area contributed by atoms with Crippen LogP contribution in [0.2, 0.25) is 0 Å². The first kappa shape index (κ1) is 23.2. The number of anilines is 1. The maximum absolute atomic E-state index is 13.0. The minimum atomic E-state index is -3.02. The molecule has 1 amide bonds. The Kier molecular flexibility index (Phi) is 10.8. The average Bonchev–Trinajstić information content (AvgIpc) is 2.56. The van der Waals surface area contributed by atoms with E-state index in [0.717, 1.165) is 32.0 Å². The van der Waals surface area contributed by atoms with Crippen LogP contribution in [0.25, 0.3) is 0 Å². The Bertz CT molecular complexity index is 566. The van der Waals surface area contributed by atoms with Crippen molar-refractivity contribution < 1.29 is 13.6 Å². The number of halogens is 2. The summed E-state index contributed by atoms with van der Waals surface area (Å²) in [5.74, 6) is -3.42. The maximum atomic E-state index is 13.0. The predicted octanol–water partition coefficient (Wildman–Crippen LogP) is 6.03. The Balaban J connectivity index is 0.00000277. The second kappa shape index (κ2) is 11.7. The Morgan fingerprint density at radius 2 is 1.76 bits per heavy atom. The molecule has 2 N–H and O–H groups in total. The number of unbranched alkanes of at least 4 members (excludes halogenated alkanes) is 1. The van der Waals surface area contributed by atoms with E-state index in [4.69, 9.17) is 0 Å². The molecule has 3 nitrogen and oxygen atoms in total. The summed E-state index contributed by atoms with van der Waals surface area (Å²) in [5, 5.41) is 5.85. The number of benzene rings is 1. The molecule has 1 aromatic rings. The van der Waals surface area contributed by atoms with Gasteiger partial charge < -0.3 is 10.6 Å². The van der Waals surface area contributed by atoms with Crippen molar-refractivity contribution >= 4 is 23.4 Å². The molecule has 25 heavy (non-hydrogen) atoms. The minimum absolute atomic E-state index is 0.117. The van der Waals surface area contributed by atoms with Gasteiger partial charge in [-0.2, -0.15) is 0 Å². The monoisotopic (exact) mass is 370 g/mol. The van der Waals surface area contributed by atoms with Crippen LogP contribution in [0.3, 0.4) is 0 Å². The van der Waals surface area contributed by atoms with Gasteiger partial charge in [-0.1, -0.05) is 52.1 Å². The zero-order valence-electron chi connectivity index (χ0n) is 15.4. The first-order chi connectivity index (χ1) is 11.7. The molecule has 0 radical (unpaired) electrons. The molecule has 0 bridgehead atoms. The molecule has 0 fully saturated rings. The molecule has 1 rings (SSSR count). The standard InChI is InChI=1S/C17H22F2N2OS.C2H6/c1-5-6-11-20-15-9-7-14(8-10-15)16(22)21-13(3)23-12(2)17(4,18)19;1-2/h7-10,20H,2-3,5-6,11H2,1,4H3,(H,21,22);1-2H3. The molecule has 0 aliphatic carbocycles. The van der Waals surface area contributed by atoms with Gasteiger partial charge in [-0.3, -0.25) is 4.79 Å². The lowest BCUT2D eigenvalue weighted by molar-refractivity contribution is 0.0735. The fourth-order valence-electron chi connectivity index (χ4n) is 1.61. The number of nitrogens with one attached hydrogen (secondary N) is 2. The quantitative estimate of drug-likeness (QED) is 0.522. The zero-order valence-corrected chi connectivity index (χ0v) is 16.2. The van der Waals surface area contributed by atoms with E-state index < -0.39 is 11.8 Å². The molecule has 0 heterocycles. The first-order valence-electron chi connectivity index (χ1n) is 8.33. The number of hydrogen-bond acceptors (Lipinski definition) is 3. The van der Waals surface area contributed by atoms with E-state index in [1.807, 2.05) is 13.8 Å². The second-order valence-corrected chi connectivity index (χ2v) is 6.34. The van der Waals surface area contributed by atoms with E-state index in [9.17, 15) is 13.6 Å². The fraction of sp³-hybridized carbons (Fsp3) is 0.421. The molecule has 0 spiro atoms. The predicted molar refractivity (Wildman–Crippen MR) is 105 cm³/mol. The van der Waals surface area contributed by atoms with Gasteiger partial charge in [-0.15, -0.1) is 0 Å². The number of amides is 1. The summed E-state index contributed by atoms with van der Waals surface area (Å²) in [7, 11) is 0. The molecule has 0 aliphatic rings. The summed E-state index contributed by atoms with van der Waals surface area (Å²) < 4.78 is 26.1. The topological polar surface area (TPSA) is 41.1 Å². The lowest BCUT2D eigenvalue weighted by Crippen LogP contribution is -2.22. The second-order valence-electron chi connectivity index (χ2n) is 5.15. The zero-order chi connectivity index (χ0) is 19.5. The number of carbonyl (C=O) groups is 1. The van der Waals surface area contributed by atoms with Crippen LogP contribution in [0.5, 0.6) is 0 Å². The molecule has 140 valence electrons. The lowest BCUT2D eigenvalue weighted by atomic mass is 10.2. The van der Waals surface area contributed by atoms with E-state index in [-0.39, 0.29) is 9.93 Å². The fourth-order valence-corrected chi connectivity index (χ4v) is 2.23. The molecule has 0 aromatic heterocycles. The summed E-state index contributed by atoms with van der Waals surface area (Å²) in [4.78, 5) is 11.7. The van der Waals surface area contributed by atoms with Gasteiger partial charge >= 0.3 is 0 Å². The summed E-state index contributed by atoms with van der Waals surface area (Å²) >= 11 is 0.663. The van der Waals surface area contributed by atoms with Crippen LogP contribution in [0.4, 0.5) is 14.5 Å². The average molecular weight is 371 g/mol. The van der Waals surface area contributed by atoms with Crippen LogP contribution in [-0.4, -0.2) is 18.4 Å². The smallest absolute Gasteiger partial charge is 0.276 e. The van der Waals surface area contributed by atoms with Crippen molar-refractivity contribution in [2.45, 2.75) is 46.5 Å². The highest BCUT2D eigenvalue weighted by molar-refractivity contribution is 8.06. The summed E-state index contributed by atoms with van der Waals surface area (Å²) in [6.07, 6.45) is 2.18. The Morgan fingerprint density at radius 3 is 2.24 bits per heavy atom. The number of hydrogen-bond donors (Lipinski definition) is 2. The van der Waals surface area contributed by atoms with Gasteiger partial charge in [0.15, 0.2) is 0 Å². The highest BCUT2D eigenvalue weighted by atomic mass is 32.2. The lowest BCUT2D eigenvalue weighted by Gasteiger charge is -2.15. The van der Waals surface area contributed by atoms with Crippen molar-refractivity contribution in [3.8, 4) is 0 Å². The summed E-state index contributed by atoms with van der Waals surface area (Å²) in [6, 6.07) is 6.95.